The Kier molecular flexibility index (Phi) is 3.96. The molecule has 0 unspecified atom stereocenters. The lowest BCUT2D eigenvalue weighted by Gasteiger charge is -2.45. The summed E-state index contributed by atoms with van der Waals surface area (Å²) >= 11 is 0. The van der Waals surface area contributed by atoms with Crippen molar-refractivity contribution in [2.24, 2.45) is 0 Å². The van der Waals surface area contributed by atoms with Crippen molar-refractivity contribution in [2.75, 3.05) is 37.8 Å². The third kappa shape index (κ3) is 2.75. The first-order valence-corrected chi connectivity index (χ1v) is 7.29. The van der Waals surface area contributed by atoms with E-state index in [-0.39, 0.29) is 16.9 Å². The molecule has 0 amide bonds. The monoisotopic (exact) mass is 303 g/mol. The van der Waals surface area contributed by atoms with Gasteiger partial charge in [0, 0.05) is 50.9 Å². The van der Waals surface area contributed by atoms with Crippen LogP contribution in [0.1, 0.15) is 18.4 Å². The standard InChI is InChI=1S/C15H17N3O4/c16-10-12-9-13(1-2-14(12)18(19)20)17-5-8-22-15(11-17)3-6-21-7-4-15/h1-2,9H,3-8,11H2. The molecule has 3 rings (SSSR count). The van der Waals surface area contributed by atoms with E-state index in [0.29, 0.717) is 26.4 Å². The largest absolute Gasteiger partial charge is 0.381 e. The van der Waals surface area contributed by atoms with Gasteiger partial charge in [0.25, 0.3) is 5.69 Å². The number of hydrogen-bond acceptors (Lipinski definition) is 6. The number of rotatable bonds is 2. The number of anilines is 1. The van der Waals surface area contributed by atoms with Crippen LogP contribution in [0.4, 0.5) is 11.4 Å². The van der Waals surface area contributed by atoms with Crippen LogP contribution in [0.3, 0.4) is 0 Å². The molecule has 1 spiro atoms. The fraction of sp³-hybridized carbons (Fsp3) is 0.533. The molecule has 7 heteroatoms. The molecular formula is C15H17N3O4. The summed E-state index contributed by atoms with van der Waals surface area (Å²) < 4.78 is 11.4. The second-order valence-corrected chi connectivity index (χ2v) is 5.64. The van der Waals surface area contributed by atoms with Gasteiger partial charge in [0.2, 0.25) is 0 Å². The smallest absolute Gasteiger partial charge is 0.287 e. The number of nitrogens with zero attached hydrogens (tertiary/aromatic N) is 3. The average molecular weight is 303 g/mol. The molecule has 2 fully saturated rings. The quantitative estimate of drug-likeness (QED) is 0.612. The Labute approximate surface area is 128 Å². The molecule has 1 aromatic rings. The van der Waals surface area contributed by atoms with Crippen molar-refractivity contribution < 1.29 is 14.4 Å². The molecule has 2 aliphatic rings. The van der Waals surface area contributed by atoms with Gasteiger partial charge < -0.3 is 14.4 Å². The normalized spacial score (nSPS) is 20.6. The second kappa shape index (κ2) is 5.91. The summed E-state index contributed by atoms with van der Waals surface area (Å²) in [6, 6.07) is 6.61. The lowest BCUT2D eigenvalue weighted by Crippen LogP contribution is -2.54. The zero-order chi connectivity index (χ0) is 15.6. The Morgan fingerprint density at radius 3 is 2.77 bits per heavy atom. The maximum Gasteiger partial charge on any atom is 0.287 e. The number of nitro benzene ring substituents is 1. The van der Waals surface area contributed by atoms with Gasteiger partial charge in [-0.15, -0.1) is 0 Å². The van der Waals surface area contributed by atoms with Gasteiger partial charge in [-0.25, -0.2) is 0 Å². The second-order valence-electron chi connectivity index (χ2n) is 5.64. The van der Waals surface area contributed by atoms with Crippen LogP contribution in [-0.4, -0.2) is 43.4 Å². The Bertz CT molecular complexity index is 614. The van der Waals surface area contributed by atoms with Crippen LogP contribution in [0.25, 0.3) is 0 Å². The molecule has 22 heavy (non-hydrogen) atoms. The fourth-order valence-corrected chi connectivity index (χ4v) is 3.08. The molecule has 0 N–H and O–H groups in total. The topological polar surface area (TPSA) is 88.6 Å². The summed E-state index contributed by atoms with van der Waals surface area (Å²) in [5.74, 6) is 0. The van der Waals surface area contributed by atoms with E-state index in [2.05, 4.69) is 4.90 Å². The van der Waals surface area contributed by atoms with Gasteiger partial charge in [0.1, 0.15) is 11.6 Å². The lowest BCUT2D eigenvalue weighted by atomic mass is 9.92. The first kappa shape index (κ1) is 14.8. The number of morpholine rings is 1. The summed E-state index contributed by atoms with van der Waals surface area (Å²) in [6.07, 6.45) is 1.70. The van der Waals surface area contributed by atoms with E-state index in [1.165, 1.54) is 6.07 Å². The molecule has 0 aromatic heterocycles. The van der Waals surface area contributed by atoms with Gasteiger partial charge in [0.05, 0.1) is 17.1 Å². The molecule has 0 aliphatic carbocycles. The third-order valence-corrected chi connectivity index (χ3v) is 4.31. The van der Waals surface area contributed by atoms with E-state index in [1.54, 1.807) is 12.1 Å². The highest BCUT2D eigenvalue weighted by atomic mass is 16.6. The van der Waals surface area contributed by atoms with Crippen molar-refractivity contribution >= 4 is 11.4 Å². The number of nitriles is 1. The van der Waals surface area contributed by atoms with Crippen molar-refractivity contribution in [3.8, 4) is 6.07 Å². The molecule has 2 heterocycles. The highest BCUT2D eigenvalue weighted by Gasteiger charge is 2.38. The zero-order valence-corrected chi connectivity index (χ0v) is 12.2. The Morgan fingerprint density at radius 1 is 1.32 bits per heavy atom. The van der Waals surface area contributed by atoms with Crippen molar-refractivity contribution in [1.29, 1.82) is 5.26 Å². The zero-order valence-electron chi connectivity index (χ0n) is 12.2. The Balaban J connectivity index is 1.84. The highest BCUT2D eigenvalue weighted by Crippen LogP contribution is 2.32. The van der Waals surface area contributed by atoms with Gasteiger partial charge in [-0.2, -0.15) is 5.26 Å². The number of ether oxygens (including phenoxy) is 2. The van der Waals surface area contributed by atoms with E-state index >= 15 is 0 Å². The maximum absolute atomic E-state index is 10.9. The molecule has 116 valence electrons. The van der Waals surface area contributed by atoms with E-state index in [9.17, 15) is 10.1 Å². The molecule has 0 bridgehead atoms. The number of hydrogen-bond donors (Lipinski definition) is 0. The van der Waals surface area contributed by atoms with Gasteiger partial charge in [-0.1, -0.05) is 0 Å². The van der Waals surface area contributed by atoms with Crippen molar-refractivity contribution in [1.82, 2.24) is 0 Å². The maximum atomic E-state index is 10.9. The van der Waals surface area contributed by atoms with Crippen LogP contribution in [0.5, 0.6) is 0 Å². The van der Waals surface area contributed by atoms with Gasteiger partial charge >= 0.3 is 0 Å². The first-order valence-electron chi connectivity index (χ1n) is 7.29. The minimum atomic E-state index is -0.526. The van der Waals surface area contributed by atoms with E-state index in [1.807, 2.05) is 6.07 Å². The lowest BCUT2D eigenvalue weighted by molar-refractivity contribution is -0.385. The van der Waals surface area contributed by atoms with Crippen LogP contribution < -0.4 is 4.90 Å². The molecule has 0 radical (unpaired) electrons. The van der Waals surface area contributed by atoms with Crippen molar-refractivity contribution in [3.63, 3.8) is 0 Å². The molecule has 1 aromatic carbocycles. The molecule has 2 saturated heterocycles. The van der Waals surface area contributed by atoms with Gasteiger partial charge in [-0.05, 0) is 12.1 Å². The van der Waals surface area contributed by atoms with Crippen LogP contribution in [0.2, 0.25) is 0 Å². The minimum Gasteiger partial charge on any atom is -0.381 e. The Morgan fingerprint density at radius 2 is 2.09 bits per heavy atom. The summed E-state index contributed by atoms with van der Waals surface area (Å²) in [5.41, 5.74) is 0.567. The molecule has 2 aliphatic heterocycles. The first-order chi connectivity index (χ1) is 10.6. The van der Waals surface area contributed by atoms with E-state index in [0.717, 1.165) is 25.1 Å². The summed E-state index contributed by atoms with van der Waals surface area (Å²) in [4.78, 5) is 12.5. The number of benzene rings is 1. The predicted molar refractivity (Wildman–Crippen MR) is 78.8 cm³/mol. The predicted octanol–water partition coefficient (Wildman–Crippen LogP) is 1.85. The average Bonchev–Trinajstić information content (AvgIpc) is 2.55. The van der Waals surface area contributed by atoms with Crippen molar-refractivity contribution in [3.05, 3.63) is 33.9 Å². The summed E-state index contributed by atoms with van der Waals surface area (Å²) in [6.45, 7) is 3.43. The van der Waals surface area contributed by atoms with Gasteiger partial charge in [-0.3, -0.25) is 10.1 Å². The fourth-order valence-electron chi connectivity index (χ4n) is 3.08. The SMILES string of the molecule is N#Cc1cc(N2CCOC3(CCOCC3)C2)ccc1[N+](=O)[O-]. The van der Waals surface area contributed by atoms with Crippen LogP contribution >= 0.6 is 0 Å². The van der Waals surface area contributed by atoms with Crippen LogP contribution in [0, 0.1) is 21.4 Å². The van der Waals surface area contributed by atoms with Gasteiger partial charge in [0.15, 0.2) is 0 Å². The third-order valence-electron chi connectivity index (χ3n) is 4.31. The van der Waals surface area contributed by atoms with E-state index < -0.39 is 4.92 Å². The van der Waals surface area contributed by atoms with Crippen molar-refractivity contribution in [2.45, 2.75) is 18.4 Å². The summed E-state index contributed by atoms with van der Waals surface area (Å²) in [5, 5.41) is 20.0. The van der Waals surface area contributed by atoms with Crippen LogP contribution in [0.15, 0.2) is 18.2 Å². The molecule has 0 atom stereocenters. The molecule has 7 nitrogen and oxygen atoms in total. The molecule has 0 saturated carbocycles. The number of nitro groups is 1. The highest BCUT2D eigenvalue weighted by molar-refractivity contribution is 5.60. The minimum absolute atomic E-state index is 0.0926. The molecular weight excluding hydrogens is 286 g/mol. The van der Waals surface area contributed by atoms with E-state index in [4.69, 9.17) is 14.7 Å². The van der Waals surface area contributed by atoms with Crippen LogP contribution in [-0.2, 0) is 9.47 Å². The summed E-state index contributed by atoms with van der Waals surface area (Å²) in [7, 11) is 0. The Hall–Kier alpha value is -2.17.